The molecule has 2 aromatic rings. The summed E-state index contributed by atoms with van der Waals surface area (Å²) in [4.78, 5) is 8.76. The lowest BCUT2D eigenvalue weighted by Crippen LogP contribution is -2.36. The summed E-state index contributed by atoms with van der Waals surface area (Å²) in [5, 5.41) is 7.58. The van der Waals surface area contributed by atoms with E-state index >= 15 is 0 Å². The fraction of sp³-hybridized carbons (Fsp3) is 0.562. The van der Waals surface area contributed by atoms with Crippen LogP contribution in [0.1, 0.15) is 38.6 Å². The van der Waals surface area contributed by atoms with Gasteiger partial charge in [0.1, 0.15) is 5.69 Å². The number of nitrogens with one attached hydrogen (secondary N) is 1. The molecule has 0 aliphatic rings. The van der Waals surface area contributed by atoms with Gasteiger partial charge in [0, 0.05) is 18.7 Å². The molecule has 1 atom stereocenters. The highest BCUT2D eigenvalue weighted by Crippen LogP contribution is 2.16. The van der Waals surface area contributed by atoms with E-state index in [1.54, 1.807) is 6.20 Å². The molecule has 1 unspecified atom stereocenters. The average Bonchev–Trinajstić information content (AvgIpc) is 2.91. The largest absolute Gasteiger partial charge is 0.339 e. The highest BCUT2D eigenvalue weighted by atomic mass is 16.5. The third kappa shape index (κ3) is 4.36. The average molecular weight is 288 g/mol. The second-order valence-corrected chi connectivity index (χ2v) is 5.74. The Kier molecular flexibility index (Phi) is 5.44. The summed E-state index contributed by atoms with van der Waals surface area (Å²) in [6.45, 7) is 9.59. The molecular weight excluding hydrogens is 264 g/mol. The lowest BCUT2D eigenvalue weighted by molar-refractivity contribution is 0.326. The van der Waals surface area contributed by atoms with Crippen LogP contribution in [0.4, 0.5) is 0 Å². The quantitative estimate of drug-likeness (QED) is 0.848. The minimum atomic E-state index is 0.351. The third-order valence-electron chi connectivity index (χ3n) is 3.47. The van der Waals surface area contributed by atoms with Gasteiger partial charge in [0.2, 0.25) is 11.7 Å². The summed E-state index contributed by atoms with van der Waals surface area (Å²) in [5.74, 6) is 1.74. The first-order valence-electron chi connectivity index (χ1n) is 7.59. The predicted molar refractivity (Wildman–Crippen MR) is 82.9 cm³/mol. The fourth-order valence-electron chi connectivity index (χ4n) is 2.16. The first-order valence-corrected chi connectivity index (χ1v) is 7.59. The monoisotopic (exact) mass is 288 g/mol. The smallest absolute Gasteiger partial charge is 0.228 e. The SMILES string of the molecule is CCCNC(Cc1nc(-c2cc(C)ccn2)no1)C(C)C. The molecule has 0 saturated heterocycles. The van der Waals surface area contributed by atoms with Crippen LogP contribution in [0.25, 0.3) is 11.5 Å². The van der Waals surface area contributed by atoms with Gasteiger partial charge in [-0.1, -0.05) is 25.9 Å². The van der Waals surface area contributed by atoms with Crippen molar-refractivity contribution in [2.24, 2.45) is 5.92 Å². The van der Waals surface area contributed by atoms with Gasteiger partial charge >= 0.3 is 0 Å². The van der Waals surface area contributed by atoms with Gasteiger partial charge in [0.05, 0.1) is 0 Å². The number of aryl methyl sites for hydroxylation is 1. The molecule has 0 spiro atoms. The normalized spacial score (nSPS) is 12.8. The molecule has 5 heteroatoms. The van der Waals surface area contributed by atoms with E-state index in [0.29, 0.717) is 23.7 Å². The minimum Gasteiger partial charge on any atom is -0.339 e. The Morgan fingerprint density at radius 2 is 2.14 bits per heavy atom. The van der Waals surface area contributed by atoms with Gasteiger partial charge in [-0.25, -0.2) is 0 Å². The highest BCUT2D eigenvalue weighted by molar-refractivity contribution is 5.48. The lowest BCUT2D eigenvalue weighted by Gasteiger charge is -2.20. The van der Waals surface area contributed by atoms with E-state index in [4.69, 9.17) is 4.52 Å². The summed E-state index contributed by atoms with van der Waals surface area (Å²) in [7, 11) is 0. The molecule has 21 heavy (non-hydrogen) atoms. The van der Waals surface area contributed by atoms with E-state index in [2.05, 4.69) is 41.2 Å². The first kappa shape index (κ1) is 15.6. The van der Waals surface area contributed by atoms with Gasteiger partial charge in [-0.15, -0.1) is 0 Å². The Morgan fingerprint density at radius 3 is 2.81 bits per heavy atom. The number of nitrogens with zero attached hydrogens (tertiary/aromatic N) is 3. The van der Waals surface area contributed by atoms with Gasteiger partial charge < -0.3 is 9.84 Å². The van der Waals surface area contributed by atoms with E-state index in [1.165, 1.54) is 0 Å². The van der Waals surface area contributed by atoms with Crippen molar-refractivity contribution < 1.29 is 4.52 Å². The number of hydrogen-bond acceptors (Lipinski definition) is 5. The molecular formula is C16H24N4O. The molecule has 1 N–H and O–H groups in total. The van der Waals surface area contributed by atoms with Crippen LogP contribution in [0, 0.1) is 12.8 Å². The Morgan fingerprint density at radius 1 is 1.33 bits per heavy atom. The summed E-state index contributed by atoms with van der Waals surface area (Å²) in [6.07, 6.45) is 3.63. The van der Waals surface area contributed by atoms with Crippen molar-refractivity contribution in [2.75, 3.05) is 6.54 Å². The first-order chi connectivity index (χ1) is 10.1. The second kappa shape index (κ2) is 7.31. The Bertz CT molecular complexity index is 565. The maximum atomic E-state index is 5.38. The van der Waals surface area contributed by atoms with Crippen molar-refractivity contribution in [3.8, 4) is 11.5 Å². The number of rotatable bonds is 7. The fourth-order valence-corrected chi connectivity index (χ4v) is 2.16. The maximum absolute atomic E-state index is 5.38. The molecule has 0 amide bonds. The van der Waals surface area contributed by atoms with E-state index in [9.17, 15) is 0 Å². The molecule has 0 aliphatic carbocycles. The van der Waals surface area contributed by atoms with Crippen molar-refractivity contribution in [1.82, 2.24) is 20.4 Å². The van der Waals surface area contributed by atoms with Crippen LogP contribution in [0.3, 0.4) is 0 Å². The zero-order valence-corrected chi connectivity index (χ0v) is 13.3. The Balaban J connectivity index is 2.08. The van der Waals surface area contributed by atoms with Crippen molar-refractivity contribution >= 4 is 0 Å². The second-order valence-electron chi connectivity index (χ2n) is 5.74. The maximum Gasteiger partial charge on any atom is 0.228 e. The van der Waals surface area contributed by atoms with Gasteiger partial charge in [-0.3, -0.25) is 4.98 Å². The molecule has 114 valence electrons. The van der Waals surface area contributed by atoms with E-state index < -0.39 is 0 Å². The third-order valence-corrected chi connectivity index (χ3v) is 3.47. The van der Waals surface area contributed by atoms with Crippen LogP contribution in [0.2, 0.25) is 0 Å². The summed E-state index contributed by atoms with van der Waals surface area (Å²) in [5.41, 5.74) is 1.89. The summed E-state index contributed by atoms with van der Waals surface area (Å²) >= 11 is 0. The van der Waals surface area contributed by atoms with Gasteiger partial charge in [0.25, 0.3) is 0 Å². The minimum absolute atomic E-state index is 0.351. The van der Waals surface area contributed by atoms with Crippen LogP contribution < -0.4 is 5.32 Å². The van der Waals surface area contributed by atoms with Gasteiger partial charge in [0.15, 0.2) is 0 Å². The van der Waals surface area contributed by atoms with Crippen molar-refractivity contribution in [2.45, 2.75) is 46.6 Å². The number of hydrogen-bond donors (Lipinski definition) is 1. The number of aromatic nitrogens is 3. The van der Waals surface area contributed by atoms with Gasteiger partial charge in [-0.2, -0.15) is 4.98 Å². The van der Waals surface area contributed by atoms with E-state index in [-0.39, 0.29) is 0 Å². The lowest BCUT2D eigenvalue weighted by atomic mass is 10.0. The summed E-state index contributed by atoms with van der Waals surface area (Å²) in [6, 6.07) is 4.27. The van der Waals surface area contributed by atoms with Crippen LogP contribution in [0.5, 0.6) is 0 Å². The zero-order valence-electron chi connectivity index (χ0n) is 13.3. The van der Waals surface area contributed by atoms with E-state index in [0.717, 1.165) is 30.6 Å². The molecule has 5 nitrogen and oxygen atoms in total. The Hall–Kier alpha value is -1.75. The Labute approximate surface area is 126 Å². The zero-order chi connectivity index (χ0) is 15.2. The molecule has 2 aromatic heterocycles. The molecule has 0 bridgehead atoms. The molecule has 0 aliphatic heterocycles. The highest BCUT2D eigenvalue weighted by Gasteiger charge is 2.18. The molecule has 0 radical (unpaired) electrons. The van der Waals surface area contributed by atoms with Crippen molar-refractivity contribution in [3.63, 3.8) is 0 Å². The van der Waals surface area contributed by atoms with Crippen molar-refractivity contribution in [3.05, 3.63) is 29.8 Å². The molecule has 0 fully saturated rings. The van der Waals surface area contributed by atoms with Crippen LogP contribution in [-0.4, -0.2) is 27.7 Å². The topological polar surface area (TPSA) is 63.8 Å². The molecule has 0 aromatic carbocycles. The molecule has 0 saturated carbocycles. The van der Waals surface area contributed by atoms with Crippen LogP contribution in [0.15, 0.2) is 22.9 Å². The van der Waals surface area contributed by atoms with Crippen LogP contribution in [-0.2, 0) is 6.42 Å². The van der Waals surface area contributed by atoms with Crippen LogP contribution >= 0.6 is 0 Å². The molecule has 2 rings (SSSR count). The standard InChI is InChI=1S/C16H24N4O/c1-5-7-17-13(11(2)3)10-15-19-16(20-21-15)14-9-12(4)6-8-18-14/h6,8-9,11,13,17H,5,7,10H2,1-4H3. The van der Waals surface area contributed by atoms with E-state index in [1.807, 2.05) is 19.1 Å². The molecule has 2 heterocycles. The predicted octanol–water partition coefficient (Wildman–Crippen LogP) is 3.01. The number of pyridine rings is 1. The summed E-state index contributed by atoms with van der Waals surface area (Å²) < 4.78 is 5.38. The van der Waals surface area contributed by atoms with Gasteiger partial charge in [-0.05, 0) is 43.5 Å². The van der Waals surface area contributed by atoms with Crippen molar-refractivity contribution in [1.29, 1.82) is 0 Å².